The van der Waals surface area contributed by atoms with Crippen molar-refractivity contribution in [3.63, 3.8) is 0 Å². The Kier molecular flexibility index (Phi) is 8.03. The first kappa shape index (κ1) is 23.1. The van der Waals surface area contributed by atoms with E-state index in [1.54, 1.807) is 20.5 Å². The third-order valence-corrected chi connectivity index (χ3v) is 5.28. The van der Waals surface area contributed by atoms with Gasteiger partial charge in [0.15, 0.2) is 0 Å². The number of carbonyl (C=O) groups is 1. The number of aliphatic carboxylic acids is 1. The Balaban J connectivity index is 0.000000370. The van der Waals surface area contributed by atoms with Crippen LogP contribution in [0.3, 0.4) is 0 Å². The van der Waals surface area contributed by atoms with Crippen LogP contribution in [0.5, 0.6) is 5.88 Å². The predicted octanol–water partition coefficient (Wildman–Crippen LogP) is 2.53. The molecule has 1 unspecified atom stereocenters. The monoisotopic (exact) mass is 421 g/mol. The number of carboxylic acid groups (broad SMARTS) is 1. The van der Waals surface area contributed by atoms with Crippen LogP contribution in [0.4, 0.5) is 19.0 Å². The van der Waals surface area contributed by atoms with Crippen molar-refractivity contribution < 1.29 is 37.3 Å². The number of piperidine rings is 1. The number of halogens is 3. The maximum Gasteiger partial charge on any atom is 0.490 e. The normalized spacial score (nSPS) is 20.9. The zero-order chi connectivity index (χ0) is 21.5. The Morgan fingerprint density at radius 3 is 2.55 bits per heavy atom. The van der Waals surface area contributed by atoms with Crippen molar-refractivity contribution in [3.8, 4) is 5.88 Å². The summed E-state index contributed by atoms with van der Waals surface area (Å²) in [5.41, 5.74) is 0.0478. The van der Waals surface area contributed by atoms with Crippen LogP contribution in [0.2, 0.25) is 0 Å². The predicted molar refractivity (Wildman–Crippen MR) is 97.0 cm³/mol. The van der Waals surface area contributed by atoms with Crippen LogP contribution < -0.4 is 9.64 Å². The zero-order valence-corrected chi connectivity index (χ0v) is 16.4. The van der Waals surface area contributed by atoms with Gasteiger partial charge in [0.05, 0.1) is 12.7 Å². The lowest BCUT2D eigenvalue weighted by molar-refractivity contribution is -0.192. The summed E-state index contributed by atoms with van der Waals surface area (Å²) in [5.74, 6) is -0.587. The lowest BCUT2D eigenvalue weighted by Crippen LogP contribution is -2.48. The summed E-state index contributed by atoms with van der Waals surface area (Å²) in [6.45, 7) is 3.63. The molecule has 1 aromatic heterocycles. The Hall–Kier alpha value is -2.14. The van der Waals surface area contributed by atoms with Gasteiger partial charge < -0.3 is 24.2 Å². The van der Waals surface area contributed by atoms with Gasteiger partial charge in [-0.05, 0) is 31.6 Å². The number of anilines is 1. The summed E-state index contributed by atoms with van der Waals surface area (Å²) in [6, 6.07) is 1.90. The second kappa shape index (κ2) is 10.1. The molecule has 0 amide bonds. The van der Waals surface area contributed by atoms with E-state index in [1.165, 1.54) is 0 Å². The Morgan fingerprint density at radius 1 is 1.34 bits per heavy atom. The smallest absolute Gasteiger partial charge is 0.481 e. The van der Waals surface area contributed by atoms with Crippen LogP contribution in [-0.4, -0.2) is 73.3 Å². The molecule has 8 nitrogen and oxygen atoms in total. The number of methoxy groups -OCH3 is 2. The van der Waals surface area contributed by atoms with E-state index in [2.05, 4.69) is 14.9 Å². The van der Waals surface area contributed by atoms with Gasteiger partial charge in [0, 0.05) is 39.5 Å². The molecule has 0 bridgehead atoms. The van der Waals surface area contributed by atoms with Crippen LogP contribution in [-0.2, 0) is 14.3 Å². The molecule has 2 fully saturated rings. The summed E-state index contributed by atoms with van der Waals surface area (Å²) in [5, 5.41) is 7.12. The van der Waals surface area contributed by atoms with E-state index in [-0.39, 0.29) is 5.60 Å². The average Bonchev–Trinajstić information content (AvgIpc) is 3.08. The van der Waals surface area contributed by atoms with Crippen LogP contribution in [0.15, 0.2) is 12.4 Å². The van der Waals surface area contributed by atoms with Gasteiger partial charge in [0.1, 0.15) is 12.1 Å². The molecule has 11 heteroatoms. The van der Waals surface area contributed by atoms with E-state index in [0.717, 1.165) is 57.8 Å². The van der Waals surface area contributed by atoms with Crippen molar-refractivity contribution in [3.05, 3.63) is 12.4 Å². The first-order valence-corrected chi connectivity index (χ1v) is 9.26. The number of hydrogen-bond donors (Lipinski definition) is 1. The number of carboxylic acids is 1. The van der Waals surface area contributed by atoms with Gasteiger partial charge in [-0.1, -0.05) is 0 Å². The first-order valence-electron chi connectivity index (χ1n) is 9.26. The molecular weight excluding hydrogens is 395 g/mol. The van der Waals surface area contributed by atoms with Gasteiger partial charge in [0.2, 0.25) is 5.88 Å². The fourth-order valence-corrected chi connectivity index (χ4v) is 3.73. The maximum absolute atomic E-state index is 10.6. The topological polar surface area (TPSA) is 94.0 Å². The van der Waals surface area contributed by atoms with Crippen molar-refractivity contribution in [1.82, 2.24) is 9.97 Å². The largest absolute Gasteiger partial charge is 0.490 e. The number of hydrogen-bond acceptors (Lipinski definition) is 7. The van der Waals surface area contributed by atoms with Crippen molar-refractivity contribution in [2.75, 3.05) is 45.4 Å². The number of nitrogens with zero attached hydrogens (tertiary/aromatic N) is 3. The fourth-order valence-electron chi connectivity index (χ4n) is 3.73. The fraction of sp³-hybridized carbons (Fsp3) is 0.722. The second-order valence-electron chi connectivity index (χ2n) is 6.89. The standard InChI is InChI=1S/C16H25N3O3.C2HF3O2/c1-20-9-3-13-4-10-22-16(13)5-7-19(8-6-16)14-11-15(21-2)18-12-17-14;3-2(4,5)1(6)7/h11-13H,3-10H2,1-2H3;(H,6,7). The summed E-state index contributed by atoms with van der Waals surface area (Å²) in [6.07, 6.45) is 0.829. The van der Waals surface area contributed by atoms with Crippen LogP contribution >= 0.6 is 0 Å². The third-order valence-electron chi connectivity index (χ3n) is 5.28. The van der Waals surface area contributed by atoms with Gasteiger partial charge in [0.25, 0.3) is 0 Å². The highest BCUT2D eigenvalue weighted by atomic mass is 19.4. The SMILES string of the molecule is COCCC1CCOC12CCN(c1cc(OC)ncn1)CC2.O=C(O)C(F)(F)F. The van der Waals surface area contributed by atoms with Crippen LogP contribution in [0, 0.1) is 5.92 Å². The molecule has 1 N–H and O–H groups in total. The summed E-state index contributed by atoms with van der Waals surface area (Å²) < 4.78 is 48.4. The number of alkyl halides is 3. The molecule has 0 aliphatic carbocycles. The van der Waals surface area contributed by atoms with Gasteiger partial charge in [-0.2, -0.15) is 13.2 Å². The Morgan fingerprint density at radius 2 is 2.00 bits per heavy atom. The molecule has 3 rings (SSSR count). The highest BCUT2D eigenvalue weighted by Gasteiger charge is 2.45. The average molecular weight is 421 g/mol. The minimum absolute atomic E-state index is 0.0478. The maximum atomic E-state index is 10.6. The first-order chi connectivity index (χ1) is 13.7. The molecule has 0 saturated carbocycles. The van der Waals surface area contributed by atoms with E-state index in [9.17, 15) is 13.2 Å². The molecule has 164 valence electrons. The molecule has 3 heterocycles. The lowest BCUT2D eigenvalue weighted by atomic mass is 9.78. The summed E-state index contributed by atoms with van der Waals surface area (Å²) in [4.78, 5) is 19.6. The Labute approximate surface area is 167 Å². The number of aromatic nitrogens is 2. The van der Waals surface area contributed by atoms with Gasteiger partial charge >= 0.3 is 12.1 Å². The molecule has 1 atom stereocenters. The van der Waals surface area contributed by atoms with Crippen LogP contribution in [0.1, 0.15) is 25.7 Å². The van der Waals surface area contributed by atoms with E-state index in [1.807, 2.05) is 6.07 Å². The van der Waals surface area contributed by atoms with Crippen molar-refractivity contribution in [1.29, 1.82) is 0 Å². The number of ether oxygens (including phenoxy) is 3. The van der Waals surface area contributed by atoms with E-state index >= 15 is 0 Å². The van der Waals surface area contributed by atoms with E-state index in [0.29, 0.717) is 11.8 Å². The molecule has 2 saturated heterocycles. The zero-order valence-electron chi connectivity index (χ0n) is 16.4. The molecule has 2 aliphatic rings. The van der Waals surface area contributed by atoms with Gasteiger partial charge in [-0.15, -0.1) is 0 Å². The Bertz CT molecular complexity index is 666. The molecule has 29 heavy (non-hydrogen) atoms. The van der Waals surface area contributed by atoms with E-state index in [4.69, 9.17) is 24.1 Å². The second-order valence-corrected chi connectivity index (χ2v) is 6.89. The lowest BCUT2D eigenvalue weighted by Gasteiger charge is -2.42. The highest BCUT2D eigenvalue weighted by Crippen LogP contribution is 2.42. The molecule has 0 aromatic carbocycles. The van der Waals surface area contributed by atoms with Crippen molar-refractivity contribution in [2.45, 2.75) is 37.5 Å². The molecule has 1 aromatic rings. The number of rotatable bonds is 5. The van der Waals surface area contributed by atoms with Crippen LogP contribution in [0.25, 0.3) is 0 Å². The molecule has 0 radical (unpaired) electrons. The molecular formula is C18H26F3N3O5. The van der Waals surface area contributed by atoms with E-state index < -0.39 is 12.1 Å². The minimum Gasteiger partial charge on any atom is -0.481 e. The highest BCUT2D eigenvalue weighted by molar-refractivity contribution is 5.73. The summed E-state index contributed by atoms with van der Waals surface area (Å²) >= 11 is 0. The molecule has 2 aliphatic heterocycles. The third kappa shape index (κ3) is 6.17. The van der Waals surface area contributed by atoms with Crippen molar-refractivity contribution >= 4 is 11.8 Å². The van der Waals surface area contributed by atoms with Crippen molar-refractivity contribution in [2.24, 2.45) is 5.92 Å². The van der Waals surface area contributed by atoms with Gasteiger partial charge in [-0.25, -0.2) is 14.8 Å². The molecule has 1 spiro atoms. The quantitative estimate of drug-likeness (QED) is 0.775. The minimum atomic E-state index is -5.08. The summed E-state index contributed by atoms with van der Waals surface area (Å²) in [7, 11) is 3.40. The van der Waals surface area contributed by atoms with Gasteiger partial charge in [-0.3, -0.25) is 0 Å².